The molecule has 1 amide bonds. The fraction of sp³-hybridized carbons (Fsp3) is 0.600. The van der Waals surface area contributed by atoms with E-state index >= 15 is 0 Å². The molecule has 1 aliphatic rings. The Morgan fingerprint density at radius 2 is 2.38 bits per heavy atom. The smallest absolute Gasteiger partial charge is 0.272 e. The Bertz CT molecular complexity index is 693. The summed E-state index contributed by atoms with van der Waals surface area (Å²) >= 11 is 1.38. The van der Waals surface area contributed by atoms with Crippen molar-refractivity contribution in [3.05, 3.63) is 23.3 Å². The quantitative estimate of drug-likeness (QED) is 0.870. The molecule has 0 radical (unpaired) electrons. The number of hydrogen-bond donors (Lipinski definition) is 1. The van der Waals surface area contributed by atoms with E-state index in [1.807, 2.05) is 14.0 Å². The maximum absolute atomic E-state index is 12.4. The lowest BCUT2D eigenvalue weighted by molar-refractivity contribution is 0.0927. The third-order valence-corrected chi connectivity index (χ3v) is 4.92. The number of carbonyl (C=O) groups is 1. The summed E-state index contributed by atoms with van der Waals surface area (Å²) in [5.74, 6) is 0.579. The van der Waals surface area contributed by atoms with Gasteiger partial charge in [-0.3, -0.25) is 9.48 Å². The summed E-state index contributed by atoms with van der Waals surface area (Å²) < 4.78 is 11.1. The Balaban J connectivity index is 1.61. The third-order valence-electron chi connectivity index (χ3n) is 4.10. The van der Waals surface area contributed by atoms with E-state index in [2.05, 4.69) is 24.7 Å². The van der Waals surface area contributed by atoms with Crippen molar-refractivity contribution in [2.45, 2.75) is 32.4 Å². The van der Waals surface area contributed by atoms with Gasteiger partial charge >= 0.3 is 0 Å². The van der Waals surface area contributed by atoms with Crippen LogP contribution in [0.5, 0.6) is 0 Å². The molecule has 2 aromatic heterocycles. The van der Waals surface area contributed by atoms with Gasteiger partial charge in [0.15, 0.2) is 5.82 Å². The first kappa shape index (κ1) is 16.8. The second-order valence-corrected chi connectivity index (χ2v) is 6.71. The number of anilines is 1. The van der Waals surface area contributed by atoms with Crippen LogP contribution in [0.3, 0.4) is 0 Å². The van der Waals surface area contributed by atoms with Gasteiger partial charge in [-0.25, -0.2) is 4.98 Å². The van der Waals surface area contributed by atoms with Crippen molar-refractivity contribution in [3.63, 3.8) is 0 Å². The highest BCUT2D eigenvalue weighted by Gasteiger charge is 2.25. The predicted molar refractivity (Wildman–Crippen MR) is 91.3 cm³/mol. The number of aryl methyl sites for hydroxylation is 2. The van der Waals surface area contributed by atoms with Gasteiger partial charge in [0.25, 0.3) is 5.91 Å². The van der Waals surface area contributed by atoms with Gasteiger partial charge in [-0.05, 0) is 25.8 Å². The zero-order valence-corrected chi connectivity index (χ0v) is 15.0. The van der Waals surface area contributed by atoms with Crippen LogP contribution >= 0.6 is 11.5 Å². The standard InChI is InChI=1S/C15H22N6O2S/c1-10-7-12(18-20(10)2)14(22)16-11-5-4-6-21(8-11)15-17-13(9-23-3)19-24-15/h7,11H,4-6,8-9H2,1-3H3,(H,16,22). The molecule has 8 nitrogen and oxygen atoms in total. The Hall–Kier alpha value is -2.00. The lowest BCUT2D eigenvalue weighted by atomic mass is 10.1. The molecule has 3 rings (SSSR count). The number of nitrogens with zero attached hydrogens (tertiary/aromatic N) is 5. The molecular weight excluding hydrogens is 328 g/mol. The van der Waals surface area contributed by atoms with Crippen molar-refractivity contribution in [1.29, 1.82) is 0 Å². The van der Waals surface area contributed by atoms with Crippen molar-refractivity contribution in [2.24, 2.45) is 7.05 Å². The molecule has 0 saturated carbocycles. The minimum Gasteiger partial charge on any atom is -0.377 e. The highest BCUT2D eigenvalue weighted by Crippen LogP contribution is 2.22. The van der Waals surface area contributed by atoms with Crippen LogP contribution in [0, 0.1) is 6.92 Å². The van der Waals surface area contributed by atoms with Crippen LogP contribution in [-0.2, 0) is 18.4 Å². The molecule has 1 atom stereocenters. The van der Waals surface area contributed by atoms with Gasteiger partial charge in [0.05, 0.1) is 0 Å². The van der Waals surface area contributed by atoms with E-state index in [-0.39, 0.29) is 11.9 Å². The first-order chi connectivity index (χ1) is 11.6. The third kappa shape index (κ3) is 3.73. The molecule has 0 spiro atoms. The largest absolute Gasteiger partial charge is 0.377 e. The second kappa shape index (κ2) is 7.27. The average molecular weight is 350 g/mol. The number of nitrogens with one attached hydrogen (secondary N) is 1. The van der Waals surface area contributed by atoms with Crippen LogP contribution in [0.1, 0.15) is 34.8 Å². The highest BCUT2D eigenvalue weighted by atomic mass is 32.1. The number of rotatable bonds is 5. The summed E-state index contributed by atoms with van der Waals surface area (Å²) in [6.07, 6.45) is 1.96. The van der Waals surface area contributed by atoms with E-state index in [0.29, 0.717) is 18.1 Å². The molecule has 3 heterocycles. The Kier molecular flexibility index (Phi) is 5.10. The predicted octanol–water partition coefficient (Wildman–Crippen LogP) is 1.13. The maximum Gasteiger partial charge on any atom is 0.272 e. The summed E-state index contributed by atoms with van der Waals surface area (Å²) in [7, 11) is 3.47. The minimum atomic E-state index is -0.122. The molecule has 0 aliphatic carbocycles. The van der Waals surface area contributed by atoms with Crippen molar-refractivity contribution in [3.8, 4) is 0 Å². The van der Waals surface area contributed by atoms with Gasteiger partial charge in [0, 0.05) is 50.5 Å². The van der Waals surface area contributed by atoms with Gasteiger partial charge in [-0.1, -0.05) is 0 Å². The van der Waals surface area contributed by atoms with Gasteiger partial charge in [-0.2, -0.15) is 9.47 Å². The summed E-state index contributed by atoms with van der Waals surface area (Å²) in [6.45, 7) is 4.01. The van der Waals surface area contributed by atoms with E-state index in [0.717, 1.165) is 36.8 Å². The van der Waals surface area contributed by atoms with Crippen LogP contribution in [0.2, 0.25) is 0 Å². The molecule has 1 saturated heterocycles. The molecule has 0 aromatic carbocycles. The van der Waals surface area contributed by atoms with Crippen LogP contribution in [0.4, 0.5) is 5.13 Å². The zero-order chi connectivity index (χ0) is 17.1. The summed E-state index contributed by atoms with van der Waals surface area (Å²) in [6, 6.07) is 1.89. The fourth-order valence-electron chi connectivity index (χ4n) is 2.76. The van der Waals surface area contributed by atoms with Gasteiger partial charge in [-0.15, -0.1) is 0 Å². The average Bonchev–Trinajstić information content (AvgIpc) is 3.16. The lowest BCUT2D eigenvalue weighted by Gasteiger charge is -2.32. The van der Waals surface area contributed by atoms with Gasteiger partial charge in [0.2, 0.25) is 5.13 Å². The molecule has 9 heteroatoms. The molecule has 1 aliphatic heterocycles. The van der Waals surface area contributed by atoms with Crippen molar-refractivity contribution in [1.82, 2.24) is 24.5 Å². The molecule has 24 heavy (non-hydrogen) atoms. The number of carbonyl (C=O) groups excluding carboxylic acids is 1. The van der Waals surface area contributed by atoms with E-state index in [1.165, 1.54) is 11.5 Å². The molecule has 1 unspecified atom stereocenters. The molecule has 2 aromatic rings. The fourth-order valence-corrected chi connectivity index (χ4v) is 3.47. The second-order valence-electron chi connectivity index (χ2n) is 5.98. The SMILES string of the molecule is COCc1nsc(N2CCCC(NC(=O)c3cc(C)n(C)n3)C2)n1. The number of piperidine rings is 1. The van der Waals surface area contributed by atoms with E-state index in [4.69, 9.17) is 4.74 Å². The van der Waals surface area contributed by atoms with Gasteiger partial charge < -0.3 is 15.0 Å². The Morgan fingerprint density at radius 3 is 3.08 bits per heavy atom. The lowest BCUT2D eigenvalue weighted by Crippen LogP contribution is -2.48. The molecule has 130 valence electrons. The minimum absolute atomic E-state index is 0.0864. The number of methoxy groups -OCH3 is 1. The Labute approximate surface area is 145 Å². The van der Waals surface area contributed by atoms with Crippen LogP contribution in [-0.4, -0.2) is 51.3 Å². The zero-order valence-electron chi connectivity index (χ0n) is 14.2. The number of amides is 1. The normalized spacial score (nSPS) is 18.0. The van der Waals surface area contributed by atoms with E-state index in [9.17, 15) is 4.79 Å². The van der Waals surface area contributed by atoms with Crippen LogP contribution < -0.4 is 10.2 Å². The van der Waals surface area contributed by atoms with Crippen molar-refractivity contribution in [2.75, 3.05) is 25.1 Å². The Morgan fingerprint density at radius 1 is 1.54 bits per heavy atom. The monoisotopic (exact) mass is 350 g/mol. The molecule has 0 bridgehead atoms. The first-order valence-corrected chi connectivity index (χ1v) is 8.72. The van der Waals surface area contributed by atoms with E-state index in [1.54, 1.807) is 17.9 Å². The summed E-state index contributed by atoms with van der Waals surface area (Å²) in [5, 5.41) is 8.20. The number of ether oxygens (including phenoxy) is 1. The first-order valence-electron chi connectivity index (χ1n) is 7.95. The number of aromatic nitrogens is 4. The van der Waals surface area contributed by atoms with Crippen LogP contribution in [0.15, 0.2) is 6.07 Å². The van der Waals surface area contributed by atoms with E-state index < -0.39 is 0 Å². The molecule has 1 fully saturated rings. The van der Waals surface area contributed by atoms with Gasteiger partial charge in [0.1, 0.15) is 12.3 Å². The summed E-state index contributed by atoms with van der Waals surface area (Å²) in [5.41, 5.74) is 1.43. The van der Waals surface area contributed by atoms with Crippen molar-refractivity contribution < 1.29 is 9.53 Å². The number of hydrogen-bond acceptors (Lipinski definition) is 7. The topological polar surface area (TPSA) is 85.2 Å². The van der Waals surface area contributed by atoms with Crippen molar-refractivity contribution >= 4 is 22.6 Å². The highest BCUT2D eigenvalue weighted by molar-refractivity contribution is 7.09. The molecule has 1 N–H and O–H groups in total. The summed E-state index contributed by atoms with van der Waals surface area (Å²) in [4.78, 5) is 19.0. The van der Waals surface area contributed by atoms with Crippen LogP contribution in [0.25, 0.3) is 0 Å². The maximum atomic E-state index is 12.4. The molecular formula is C15H22N6O2S.